The predicted octanol–water partition coefficient (Wildman–Crippen LogP) is 3.78. The van der Waals surface area contributed by atoms with Gasteiger partial charge in [-0.15, -0.1) is 0 Å². The van der Waals surface area contributed by atoms with E-state index in [9.17, 15) is 9.59 Å². The van der Waals surface area contributed by atoms with Gasteiger partial charge in [-0.05, 0) is 55.3 Å². The molecular formula is C24H23N5O2. The normalized spacial score (nSPS) is 10.8. The van der Waals surface area contributed by atoms with Gasteiger partial charge in [0.15, 0.2) is 0 Å². The molecule has 0 radical (unpaired) electrons. The molecule has 156 valence electrons. The third kappa shape index (κ3) is 4.61. The van der Waals surface area contributed by atoms with Gasteiger partial charge < -0.3 is 10.6 Å². The van der Waals surface area contributed by atoms with Gasteiger partial charge >= 0.3 is 6.03 Å². The van der Waals surface area contributed by atoms with Crippen LogP contribution >= 0.6 is 0 Å². The zero-order chi connectivity index (χ0) is 21.8. The third-order valence-corrected chi connectivity index (χ3v) is 5.16. The van der Waals surface area contributed by atoms with Crippen molar-refractivity contribution in [1.82, 2.24) is 20.1 Å². The highest BCUT2D eigenvalue weighted by Gasteiger charge is 2.12. The Kier molecular flexibility index (Phi) is 5.75. The van der Waals surface area contributed by atoms with Crippen LogP contribution in [-0.2, 0) is 13.1 Å². The minimum atomic E-state index is -0.336. The molecule has 0 fully saturated rings. The number of aryl methyl sites for hydroxylation is 2. The zero-order valence-corrected chi connectivity index (χ0v) is 17.4. The van der Waals surface area contributed by atoms with Crippen molar-refractivity contribution >= 4 is 22.5 Å². The van der Waals surface area contributed by atoms with Crippen LogP contribution in [0.2, 0.25) is 0 Å². The van der Waals surface area contributed by atoms with E-state index in [2.05, 4.69) is 20.7 Å². The monoisotopic (exact) mass is 413 g/mol. The van der Waals surface area contributed by atoms with Crippen LogP contribution in [0, 0.1) is 13.8 Å². The summed E-state index contributed by atoms with van der Waals surface area (Å²) in [5.74, 6) is 0. The highest BCUT2D eigenvalue weighted by molar-refractivity contribution is 5.90. The Labute approximate surface area is 179 Å². The van der Waals surface area contributed by atoms with E-state index in [4.69, 9.17) is 0 Å². The molecule has 0 spiro atoms. The Morgan fingerprint density at radius 3 is 2.48 bits per heavy atom. The summed E-state index contributed by atoms with van der Waals surface area (Å²) >= 11 is 0. The first-order chi connectivity index (χ1) is 15.0. The van der Waals surface area contributed by atoms with Crippen LogP contribution in [0.15, 0.2) is 71.7 Å². The second-order valence-corrected chi connectivity index (χ2v) is 7.38. The summed E-state index contributed by atoms with van der Waals surface area (Å²) in [5, 5.41) is 11.5. The van der Waals surface area contributed by atoms with Gasteiger partial charge in [-0.25, -0.2) is 9.48 Å². The number of aromatic nitrogens is 3. The average Bonchev–Trinajstić information content (AvgIpc) is 2.78. The maximum absolute atomic E-state index is 12.9. The number of pyridine rings is 1. The molecule has 0 bridgehead atoms. The fourth-order valence-electron chi connectivity index (χ4n) is 3.35. The Bertz CT molecular complexity index is 1300. The lowest BCUT2D eigenvalue weighted by Gasteiger charge is -2.12. The first-order valence-electron chi connectivity index (χ1n) is 10.0. The molecular weight excluding hydrogens is 390 g/mol. The summed E-state index contributed by atoms with van der Waals surface area (Å²) in [6, 6.07) is 18.2. The Morgan fingerprint density at radius 2 is 1.74 bits per heavy atom. The number of anilines is 1. The van der Waals surface area contributed by atoms with Crippen molar-refractivity contribution in [2.45, 2.75) is 26.9 Å². The van der Waals surface area contributed by atoms with E-state index in [-0.39, 0.29) is 24.7 Å². The van der Waals surface area contributed by atoms with Crippen LogP contribution in [-0.4, -0.2) is 20.8 Å². The van der Waals surface area contributed by atoms with Gasteiger partial charge in [0.2, 0.25) is 0 Å². The summed E-state index contributed by atoms with van der Waals surface area (Å²) < 4.78 is 1.39. The van der Waals surface area contributed by atoms with E-state index in [0.717, 1.165) is 27.9 Å². The minimum absolute atomic E-state index is 0.180. The lowest BCUT2D eigenvalue weighted by Crippen LogP contribution is -2.31. The maximum Gasteiger partial charge on any atom is 0.319 e. The first kappa shape index (κ1) is 20.3. The molecule has 4 rings (SSSR count). The van der Waals surface area contributed by atoms with Crippen molar-refractivity contribution < 1.29 is 4.79 Å². The molecule has 0 aliphatic carbocycles. The van der Waals surface area contributed by atoms with Gasteiger partial charge in [-0.1, -0.05) is 30.3 Å². The van der Waals surface area contributed by atoms with Gasteiger partial charge in [0.1, 0.15) is 0 Å². The number of fused-ring (bicyclic) bond motifs is 1. The molecule has 0 aliphatic heterocycles. The Balaban J connectivity index is 1.57. The van der Waals surface area contributed by atoms with Crippen molar-refractivity contribution in [1.29, 1.82) is 0 Å². The molecule has 2 amide bonds. The molecule has 0 aliphatic rings. The van der Waals surface area contributed by atoms with E-state index in [0.29, 0.717) is 11.1 Å². The van der Waals surface area contributed by atoms with Crippen molar-refractivity contribution in [2.24, 2.45) is 0 Å². The molecule has 0 saturated heterocycles. The molecule has 0 saturated carbocycles. The summed E-state index contributed by atoms with van der Waals surface area (Å²) in [6.07, 6.45) is 1.68. The summed E-state index contributed by atoms with van der Waals surface area (Å²) in [6.45, 7) is 4.46. The number of carbonyl (C=O) groups excluding carboxylic acids is 1. The van der Waals surface area contributed by atoms with E-state index in [1.165, 1.54) is 4.68 Å². The second kappa shape index (κ2) is 8.79. The van der Waals surface area contributed by atoms with Gasteiger partial charge in [-0.3, -0.25) is 9.78 Å². The first-order valence-corrected chi connectivity index (χ1v) is 10.0. The molecule has 0 atom stereocenters. The lowest BCUT2D eigenvalue weighted by atomic mass is 10.1. The predicted molar refractivity (Wildman–Crippen MR) is 121 cm³/mol. The van der Waals surface area contributed by atoms with Crippen molar-refractivity contribution in [3.8, 4) is 0 Å². The van der Waals surface area contributed by atoms with Crippen molar-refractivity contribution in [2.75, 3.05) is 5.32 Å². The fourth-order valence-corrected chi connectivity index (χ4v) is 3.35. The number of nitrogens with zero attached hydrogens (tertiary/aromatic N) is 3. The summed E-state index contributed by atoms with van der Waals surface area (Å²) in [7, 11) is 0. The SMILES string of the molecule is Cc1ccc(NC(=O)NCc2nn(Cc3ccccn3)c(=O)c3ccccc23)cc1C. The number of carbonyl (C=O) groups is 1. The quantitative estimate of drug-likeness (QED) is 0.521. The summed E-state index contributed by atoms with van der Waals surface area (Å²) in [4.78, 5) is 29.6. The van der Waals surface area contributed by atoms with Crippen LogP contribution in [0.3, 0.4) is 0 Å². The summed E-state index contributed by atoms with van der Waals surface area (Å²) in [5.41, 5.74) is 4.15. The molecule has 31 heavy (non-hydrogen) atoms. The lowest BCUT2D eigenvalue weighted by molar-refractivity contribution is 0.251. The average molecular weight is 413 g/mol. The number of amides is 2. The number of rotatable bonds is 5. The maximum atomic E-state index is 12.9. The van der Waals surface area contributed by atoms with Gasteiger partial charge in [0, 0.05) is 17.3 Å². The number of hydrogen-bond acceptors (Lipinski definition) is 4. The molecule has 4 aromatic rings. The molecule has 7 nitrogen and oxygen atoms in total. The fraction of sp³-hybridized carbons (Fsp3) is 0.167. The zero-order valence-electron chi connectivity index (χ0n) is 17.4. The van der Waals surface area contributed by atoms with Crippen molar-refractivity contribution in [3.63, 3.8) is 0 Å². The van der Waals surface area contributed by atoms with E-state index < -0.39 is 0 Å². The molecule has 2 aromatic carbocycles. The second-order valence-electron chi connectivity index (χ2n) is 7.38. The highest BCUT2D eigenvalue weighted by Crippen LogP contribution is 2.15. The van der Waals surface area contributed by atoms with Gasteiger partial charge in [0.05, 0.1) is 29.9 Å². The van der Waals surface area contributed by atoms with Gasteiger partial charge in [-0.2, -0.15) is 5.10 Å². The van der Waals surface area contributed by atoms with Crippen LogP contribution in [0.1, 0.15) is 22.5 Å². The minimum Gasteiger partial charge on any atom is -0.332 e. The Morgan fingerprint density at radius 1 is 0.968 bits per heavy atom. The van der Waals surface area contributed by atoms with E-state index in [1.54, 1.807) is 12.3 Å². The molecule has 2 N–H and O–H groups in total. The van der Waals surface area contributed by atoms with Crippen LogP contribution in [0.25, 0.3) is 10.8 Å². The number of benzene rings is 2. The van der Waals surface area contributed by atoms with Crippen LogP contribution in [0.5, 0.6) is 0 Å². The van der Waals surface area contributed by atoms with E-state index in [1.807, 2.05) is 68.4 Å². The molecule has 2 aromatic heterocycles. The Hall–Kier alpha value is -4.00. The molecule has 0 unspecified atom stereocenters. The van der Waals surface area contributed by atoms with Crippen molar-refractivity contribution in [3.05, 3.63) is 99.7 Å². The van der Waals surface area contributed by atoms with Gasteiger partial charge in [0.25, 0.3) is 5.56 Å². The molecule has 2 heterocycles. The molecule has 7 heteroatoms. The largest absolute Gasteiger partial charge is 0.332 e. The standard InChI is InChI=1S/C24H23N5O2/c1-16-10-11-18(13-17(16)2)27-24(31)26-14-22-20-8-3-4-9-21(20)23(30)29(28-22)15-19-7-5-6-12-25-19/h3-13H,14-15H2,1-2H3,(H2,26,27,31). The number of urea groups is 1. The number of nitrogens with one attached hydrogen (secondary N) is 2. The number of hydrogen-bond donors (Lipinski definition) is 2. The smallest absolute Gasteiger partial charge is 0.319 e. The van der Waals surface area contributed by atoms with E-state index >= 15 is 0 Å². The third-order valence-electron chi connectivity index (χ3n) is 5.16. The van der Waals surface area contributed by atoms with Crippen LogP contribution in [0.4, 0.5) is 10.5 Å². The highest BCUT2D eigenvalue weighted by atomic mass is 16.2. The van der Waals surface area contributed by atoms with Crippen LogP contribution < -0.4 is 16.2 Å². The topological polar surface area (TPSA) is 88.9 Å².